The first-order valence-electron chi connectivity index (χ1n) is 33.6. The number of halogens is 16. The second-order valence-electron chi connectivity index (χ2n) is 23.5. The molecule has 0 aliphatic rings. The minimum Gasteiger partial charge on any atom is -0.748 e. The molecule has 2 atom stereocenters. The summed E-state index contributed by atoms with van der Waals surface area (Å²) in [7, 11) is -7.99. The van der Waals surface area contributed by atoms with Gasteiger partial charge in [0.1, 0.15) is 26.4 Å². The first kappa shape index (κ1) is 111. The fourth-order valence-corrected chi connectivity index (χ4v) is 15.1. The largest absolute Gasteiger partial charge is 1.00 e. The van der Waals surface area contributed by atoms with Gasteiger partial charge in [0.15, 0.2) is 52.2 Å². The Labute approximate surface area is 779 Å². The van der Waals surface area contributed by atoms with Crippen molar-refractivity contribution in [2.24, 2.45) is 0 Å². The molecule has 0 saturated carbocycles. The average Bonchev–Trinajstić information content (AvgIpc) is 0.794. The Hall–Kier alpha value is -3.99. The van der Waals surface area contributed by atoms with E-state index >= 15 is 0 Å². The summed E-state index contributed by atoms with van der Waals surface area (Å²) >= 11 is 23.7. The molecule has 0 N–H and O–H groups in total. The van der Waals surface area contributed by atoms with Gasteiger partial charge >= 0.3 is 113 Å². The maximum absolute atomic E-state index is 14.8. The minimum absolute atomic E-state index is 0. The van der Waals surface area contributed by atoms with Gasteiger partial charge in [-0.1, -0.05) is 104 Å². The fraction of sp³-hybridized carbons (Fsp3) is 0.342. The molecule has 7 aromatic carbocycles. The Morgan fingerprint density at radius 2 is 0.580 bits per heavy atom. The third kappa shape index (κ3) is 38.0. The van der Waals surface area contributed by atoms with Crippen molar-refractivity contribution in [1.82, 2.24) is 0 Å². The molecule has 0 aliphatic heterocycles. The molecule has 7 aromatic rings. The van der Waals surface area contributed by atoms with E-state index < -0.39 is 207 Å². The van der Waals surface area contributed by atoms with Crippen LogP contribution in [0.3, 0.4) is 0 Å². The van der Waals surface area contributed by atoms with Gasteiger partial charge in [0.05, 0.1) is 88.7 Å². The zero-order valence-corrected chi connectivity index (χ0v) is 77.7. The zero-order chi connectivity index (χ0) is 86.0. The molecule has 119 heavy (non-hydrogen) atoms. The van der Waals surface area contributed by atoms with Gasteiger partial charge in [-0.25, -0.2) is 70.8 Å². The summed E-state index contributed by atoms with van der Waals surface area (Å²) in [6.45, 7) is 1.69. The summed E-state index contributed by atoms with van der Waals surface area (Å²) < 4.78 is 300. The first-order chi connectivity index (χ1) is 54.8. The molecule has 0 spiro atoms. The van der Waals surface area contributed by atoms with Crippen LogP contribution in [0.2, 0.25) is 0 Å². The summed E-state index contributed by atoms with van der Waals surface area (Å²) in [5.74, 6) is -27.5. The van der Waals surface area contributed by atoms with Crippen LogP contribution in [0.15, 0.2) is 104 Å². The van der Waals surface area contributed by atoms with Crippen LogP contribution in [0, 0.1) is 69.8 Å². The van der Waals surface area contributed by atoms with Gasteiger partial charge in [-0.3, -0.25) is 0 Å². The van der Waals surface area contributed by atoms with E-state index in [1.54, 1.807) is 45.9 Å². The van der Waals surface area contributed by atoms with Gasteiger partial charge in [-0.05, 0) is 116 Å². The summed E-state index contributed by atoms with van der Waals surface area (Å²) in [6, 6.07) is 25.9. The third-order valence-corrected chi connectivity index (χ3v) is 23.7. The number of hydrogen-bond donors (Lipinski definition) is 0. The molecular weight excluding hydrogens is 1860 g/mol. The van der Waals surface area contributed by atoms with Crippen molar-refractivity contribution in [1.29, 1.82) is 0 Å². The minimum atomic E-state index is -4.65. The molecule has 0 bridgehead atoms. The van der Waals surface area contributed by atoms with E-state index in [2.05, 4.69) is 20.8 Å². The normalized spacial score (nSPS) is 11.7. The van der Waals surface area contributed by atoms with Crippen LogP contribution in [0.5, 0.6) is 17.2 Å². The van der Waals surface area contributed by atoms with E-state index in [1.165, 1.54) is 70.1 Å². The van der Waals surface area contributed by atoms with Crippen LogP contribution in [0.25, 0.3) is 6.08 Å². The molecule has 0 aromatic heterocycles. The van der Waals surface area contributed by atoms with Gasteiger partial charge in [0.2, 0.25) is 34.9 Å². The molecule has 0 radical (unpaired) electrons. The van der Waals surface area contributed by atoms with Crippen molar-refractivity contribution in [3.05, 3.63) is 235 Å². The number of aryl methyl sites for hydroxylation is 2. The van der Waals surface area contributed by atoms with E-state index in [1.807, 2.05) is 24.3 Å². The molecule has 46 heteroatoms. The third-order valence-electron chi connectivity index (χ3n) is 15.2. The SMILES string of the molecule is C=Cc1c(F)c(F)c(OCCCS(=O)(=O)[O-])c(F)c1F.O=C(OCCSSCCOC(=O)c1ccc(CCC(Cl)c2c(F)c(F)c(OCCCS(=O)(=O)[O-])c(F)c2F)cc1)c1ccc(CCC(Cl)c2c(F)c(F)c(OCCCS(=O)(=O)[O-])c(F)c2F)cc1.O=C(OCCSSCCOC(=O)c1ccc(CCl)cc1)c1ccc(CCl)cc1.[Na+].[Na+].[Na+]. The van der Waals surface area contributed by atoms with Crippen LogP contribution >= 0.6 is 89.6 Å². The topological polar surface area (TPSA) is 304 Å². The average molecular weight is 1930 g/mol. The molecule has 7 rings (SSSR count). The van der Waals surface area contributed by atoms with Crippen molar-refractivity contribution in [3.8, 4) is 17.2 Å². The van der Waals surface area contributed by atoms with Crippen LogP contribution in [0.4, 0.5) is 52.7 Å². The molecule has 0 heterocycles. The second kappa shape index (κ2) is 56.2. The molecule has 0 fully saturated rings. The zero-order valence-electron chi connectivity index (χ0n) is 63.0. The molecule has 20 nitrogen and oxygen atoms in total. The molecule has 636 valence electrons. The molecular formula is C73H67Cl4F12Na3O20S7. The van der Waals surface area contributed by atoms with Crippen molar-refractivity contribution in [2.45, 2.75) is 67.5 Å². The first-order valence-corrected chi connectivity index (χ1v) is 45.3. The van der Waals surface area contributed by atoms with Crippen LogP contribution in [-0.4, -0.2) is 149 Å². The van der Waals surface area contributed by atoms with Crippen molar-refractivity contribution in [3.63, 3.8) is 0 Å². The second-order valence-corrected chi connectivity index (χ2v) is 35.1. The number of carbonyl (C=O) groups excluding carboxylic acids is 4. The summed E-state index contributed by atoms with van der Waals surface area (Å²) in [4.78, 5) is 48.8. The molecule has 0 amide bonds. The predicted octanol–water partition coefficient (Wildman–Crippen LogP) is 8.42. The van der Waals surface area contributed by atoms with Gasteiger partial charge in [0.25, 0.3) is 0 Å². The smallest absolute Gasteiger partial charge is 0.748 e. The van der Waals surface area contributed by atoms with E-state index in [0.717, 1.165) is 11.1 Å². The van der Waals surface area contributed by atoms with Crippen molar-refractivity contribution in [2.75, 3.05) is 86.5 Å². The van der Waals surface area contributed by atoms with Gasteiger partial charge < -0.3 is 46.8 Å². The standard InChI is InChI=1S/C42H40Cl2F8O12S4.C20H20Cl2O4S2.C11H10F4O4S.3Na/c43-27(29-31(45)35(49)39(36(50)32(29)46)61-15-1-21-67(55,56)57)13-7-23-3-9-25(10-4-23)41(53)63-17-19-65-66-20-18-64-42(54)26-11-5-24(6-12-26)8-14-28(44)30-33(47)37(51)40(38(52)34(30)48)62-16-2-22-68(58,59)60;21-13-15-1-5-17(6-2-15)19(23)25-9-11-27-28-12-10-26-20(24)18-7-3-16(14-22)4-8-18;1-2-6-7(12)9(14)11(10(15)8(6)13)19-4-3-5-20(16,17)18;;;/h3-6,9-12,27-28H,1-2,7-8,13-22H2,(H,55,56,57)(H,58,59,60);1-8H,9-14H2;2H,1,3-5H2,(H,16,17,18);;;/q;;;3*+1/p-3. The van der Waals surface area contributed by atoms with E-state index in [4.69, 9.17) is 65.4 Å². The van der Waals surface area contributed by atoms with Crippen LogP contribution in [-0.2, 0) is 73.9 Å². The Kier molecular flexibility index (Phi) is 52.4. The summed E-state index contributed by atoms with van der Waals surface area (Å²) in [5.41, 5.74) is 1.29. The van der Waals surface area contributed by atoms with Crippen molar-refractivity contribution < 1.29 is 233 Å². The van der Waals surface area contributed by atoms with Crippen LogP contribution in [0.1, 0.15) is 123 Å². The number of esters is 4. The van der Waals surface area contributed by atoms with Crippen LogP contribution < -0.4 is 103 Å². The Balaban J connectivity index is 0.000000765. The number of rotatable bonds is 44. The molecule has 0 aliphatic carbocycles. The number of hydrogen-bond acceptors (Lipinski definition) is 24. The van der Waals surface area contributed by atoms with Gasteiger partial charge in [-0.2, -0.15) is 26.3 Å². The van der Waals surface area contributed by atoms with E-state index in [9.17, 15) is 111 Å². The van der Waals surface area contributed by atoms with Gasteiger partial charge in [0, 0.05) is 63.2 Å². The predicted molar refractivity (Wildman–Crippen MR) is 413 cm³/mol. The Morgan fingerprint density at radius 3 is 0.790 bits per heavy atom. The maximum atomic E-state index is 14.8. The quantitative estimate of drug-likeness (QED) is 0.00398. The monoisotopic (exact) mass is 1920 g/mol. The Morgan fingerprint density at radius 1 is 0.361 bits per heavy atom. The maximum Gasteiger partial charge on any atom is 1.00 e. The number of ether oxygens (including phenoxy) is 7. The molecule has 2 unspecified atom stereocenters. The Bertz CT molecular complexity index is 4520. The number of benzene rings is 7. The fourth-order valence-electron chi connectivity index (χ4n) is 9.42. The molecule has 0 saturated heterocycles. The number of alkyl halides is 4. The van der Waals surface area contributed by atoms with Crippen molar-refractivity contribution >= 4 is 150 Å². The van der Waals surface area contributed by atoms with Gasteiger partial charge in [-0.15, -0.1) is 46.4 Å². The number of carbonyl (C=O) groups is 4. The van der Waals surface area contributed by atoms with E-state index in [0.29, 0.717) is 76.3 Å². The summed E-state index contributed by atoms with van der Waals surface area (Å²) in [6.07, 6.45) is -0.950. The van der Waals surface area contributed by atoms with E-state index in [-0.39, 0.29) is 157 Å². The summed E-state index contributed by atoms with van der Waals surface area (Å²) in [5, 5.41) is -3.07.